The highest BCUT2D eigenvalue weighted by molar-refractivity contribution is 6.43. The van der Waals surface area contributed by atoms with Crippen molar-refractivity contribution < 1.29 is 22.8 Å². The second kappa shape index (κ2) is 6.10. The van der Waals surface area contributed by atoms with E-state index in [1.54, 1.807) is 0 Å². The number of aryl methyl sites for hydroxylation is 1. The number of carbonyl (C=O) groups is 2. The number of alkyl halides is 3. The van der Waals surface area contributed by atoms with E-state index in [9.17, 15) is 22.8 Å². The SMILES string of the molecule is Cc1nn(-c2cccc(C(F)(F)F)c2)c(C)c1C(=O)C(=O)N(C)C. The Morgan fingerprint density at radius 3 is 2.33 bits per heavy atom. The monoisotopic (exact) mass is 339 g/mol. The molecular formula is C16H16F3N3O2. The van der Waals surface area contributed by atoms with Crippen LogP contribution in [0.1, 0.15) is 27.3 Å². The van der Waals surface area contributed by atoms with Crippen LogP contribution in [0, 0.1) is 13.8 Å². The maximum Gasteiger partial charge on any atom is 0.416 e. The summed E-state index contributed by atoms with van der Waals surface area (Å²) in [5.41, 5.74) is 0.0508. The van der Waals surface area contributed by atoms with Crippen LogP contribution in [0.25, 0.3) is 5.69 Å². The zero-order chi connectivity index (χ0) is 18.2. The Labute approximate surface area is 136 Å². The molecular weight excluding hydrogens is 323 g/mol. The molecule has 0 aliphatic heterocycles. The summed E-state index contributed by atoms with van der Waals surface area (Å²) in [7, 11) is 2.89. The van der Waals surface area contributed by atoms with Crippen molar-refractivity contribution in [3.05, 3.63) is 46.8 Å². The molecule has 2 rings (SSSR count). The fourth-order valence-corrected chi connectivity index (χ4v) is 2.35. The first kappa shape index (κ1) is 17.7. The molecule has 0 atom stereocenters. The molecule has 128 valence electrons. The number of Topliss-reactive ketones (excluding diaryl/α,β-unsaturated/α-hetero) is 1. The molecule has 8 heteroatoms. The number of benzene rings is 1. The highest BCUT2D eigenvalue weighted by atomic mass is 19.4. The van der Waals surface area contributed by atoms with Gasteiger partial charge in [0.05, 0.1) is 28.2 Å². The molecule has 0 bridgehead atoms. The van der Waals surface area contributed by atoms with E-state index >= 15 is 0 Å². The predicted molar refractivity (Wildman–Crippen MR) is 81.1 cm³/mol. The van der Waals surface area contributed by atoms with Crippen LogP contribution < -0.4 is 0 Å². The lowest BCUT2D eigenvalue weighted by atomic mass is 10.1. The van der Waals surface area contributed by atoms with Crippen molar-refractivity contribution in [2.75, 3.05) is 14.1 Å². The molecule has 1 aromatic heterocycles. The van der Waals surface area contributed by atoms with E-state index in [0.29, 0.717) is 5.69 Å². The fourth-order valence-electron chi connectivity index (χ4n) is 2.35. The lowest BCUT2D eigenvalue weighted by Gasteiger charge is -2.11. The molecule has 0 N–H and O–H groups in total. The molecule has 0 unspecified atom stereocenters. The molecule has 2 aromatic rings. The molecule has 0 saturated carbocycles. The molecule has 0 saturated heterocycles. The van der Waals surface area contributed by atoms with E-state index < -0.39 is 23.4 Å². The van der Waals surface area contributed by atoms with Gasteiger partial charge < -0.3 is 4.90 Å². The number of aromatic nitrogens is 2. The van der Waals surface area contributed by atoms with Gasteiger partial charge in [-0.2, -0.15) is 18.3 Å². The first-order valence-corrected chi connectivity index (χ1v) is 7.04. The van der Waals surface area contributed by atoms with Crippen LogP contribution >= 0.6 is 0 Å². The summed E-state index contributed by atoms with van der Waals surface area (Å²) in [5, 5.41) is 4.12. The van der Waals surface area contributed by atoms with Gasteiger partial charge >= 0.3 is 6.18 Å². The van der Waals surface area contributed by atoms with E-state index in [2.05, 4.69) is 5.10 Å². The molecule has 1 heterocycles. The van der Waals surface area contributed by atoms with E-state index in [4.69, 9.17) is 0 Å². The highest BCUT2D eigenvalue weighted by Crippen LogP contribution is 2.30. The summed E-state index contributed by atoms with van der Waals surface area (Å²) in [6.07, 6.45) is -4.48. The quantitative estimate of drug-likeness (QED) is 0.638. The normalized spacial score (nSPS) is 11.5. The van der Waals surface area contributed by atoms with Crippen LogP contribution in [0.2, 0.25) is 0 Å². The van der Waals surface area contributed by atoms with Crippen LogP contribution in [0.3, 0.4) is 0 Å². The van der Waals surface area contributed by atoms with Gasteiger partial charge in [-0.1, -0.05) is 6.07 Å². The standard InChI is InChI=1S/C16H16F3N3O2/c1-9-13(14(23)15(24)21(3)4)10(2)22(20-9)12-7-5-6-11(8-12)16(17,18)19/h5-8H,1-4H3. The van der Waals surface area contributed by atoms with Crippen molar-refractivity contribution in [1.82, 2.24) is 14.7 Å². The van der Waals surface area contributed by atoms with Crippen LogP contribution in [0.5, 0.6) is 0 Å². The summed E-state index contributed by atoms with van der Waals surface area (Å²) < 4.78 is 39.8. The number of carbonyl (C=O) groups excluding carboxylic acids is 2. The van der Waals surface area contributed by atoms with Gasteiger partial charge in [-0.05, 0) is 32.0 Å². The summed E-state index contributed by atoms with van der Waals surface area (Å²) in [5.74, 6) is -1.46. The van der Waals surface area contributed by atoms with Gasteiger partial charge in [0.25, 0.3) is 11.7 Å². The Morgan fingerprint density at radius 2 is 1.79 bits per heavy atom. The van der Waals surface area contributed by atoms with Crippen LogP contribution in [-0.4, -0.2) is 40.5 Å². The van der Waals surface area contributed by atoms with Crippen molar-refractivity contribution in [2.24, 2.45) is 0 Å². The summed E-state index contributed by atoms with van der Waals surface area (Å²) in [6.45, 7) is 3.07. The Hall–Kier alpha value is -2.64. The van der Waals surface area contributed by atoms with Gasteiger partial charge in [0.15, 0.2) is 0 Å². The third-order valence-electron chi connectivity index (χ3n) is 3.54. The first-order chi connectivity index (χ1) is 11.0. The van der Waals surface area contributed by atoms with Crippen LogP contribution in [0.15, 0.2) is 24.3 Å². The van der Waals surface area contributed by atoms with E-state index in [1.165, 1.54) is 44.8 Å². The van der Waals surface area contributed by atoms with Crippen molar-refractivity contribution in [3.8, 4) is 5.69 Å². The number of halogens is 3. The topological polar surface area (TPSA) is 55.2 Å². The zero-order valence-electron chi connectivity index (χ0n) is 13.6. The van der Waals surface area contributed by atoms with E-state index in [1.807, 2.05) is 0 Å². The van der Waals surface area contributed by atoms with Crippen LogP contribution in [-0.2, 0) is 11.0 Å². The summed E-state index contributed by atoms with van der Waals surface area (Å²) >= 11 is 0. The zero-order valence-corrected chi connectivity index (χ0v) is 13.6. The Morgan fingerprint density at radius 1 is 1.17 bits per heavy atom. The largest absolute Gasteiger partial charge is 0.416 e. The van der Waals surface area contributed by atoms with E-state index in [-0.39, 0.29) is 16.9 Å². The lowest BCUT2D eigenvalue weighted by molar-refractivity contribution is -0.137. The van der Waals surface area contributed by atoms with Crippen LogP contribution in [0.4, 0.5) is 13.2 Å². The minimum Gasteiger partial charge on any atom is -0.342 e. The number of amides is 1. The minimum atomic E-state index is -4.48. The third kappa shape index (κ3) is 3.17. The van der Waals surface area contributed by atoms with Gasteiger partial charge in [0, 0.05) is 14.1 Å². The van der Waals surface area contributed by atoms with Crippen molar-refractivity contribution in [3.63, 3.8) is 0 Å². The number of rotatable bonds is 3. The van der Waals surface area contributed by atoms with Crippen molar-refractivity contribution >= 4 is 11.7 Å². The Kier molecular flexibility index (Phi) is 4.50. The van der Waals surface area contributed by atoms with Gasteiger partial charge in [0.1, 0.15) is 0 Å². The summed E-state index contributed by atoms with van der Waals surface area (Å²) in [6, 6.07) is 4.62. The van der Waals surface area contributed by atoms with Crippen molar-refractivity contribution in [2.45, 2.75) is 20.0 Å². The van der Waals surface area contributed by atoms with Gasteiger partial charge in [-0.15, -0.1) is 0 Å². The molecule has 5 nitrogen and oxygen atoms in total. The Balaban J connectivity index is 2.54. The smallest absolute Gasteiger partial charge is 0.342 e. The third-order valence-corrected chi connectivity index (χ3v) is 3.54. The van der Waals surface area contributed by atoms with E-state index in [0.717, 1.165) is 17.0 Å². The maximum atomic E-state index is 12.9. The number of hydrogen-bond donors (Lipinski definition) is 0. The number of likely N-dealkylation sites (N-methyl/N-ethyl adjacent to an activating group) is 1. The van der Waals surface area contributed by atoms with Gasteiger partial charge in [-0.25, -0.2) is 4.68 Å². The van der Waals surface area contributed by atoms with Gasteiger partial charge in [-0.3, -0.25) is 9.59 Å². The molecule has 0 radical (unpaired) electrons. The molecule has 1 amide bonds. The lowest BCUT2D eigenvalue weighted by Crippen LogP contribution is -2.30. The second-order valence-electron chi connectivity index (χ2n) is 5.53. The maximum absolute atomic E-state index is 12.9. The molecule has 0 aliphatic rings. The first-order valence-electron chi connectivity index (χ1n) is 7.04. The highest BCUT2D eigenvalue weighted by Gasteiger charge is 2.31. The summed E-state index contributed by atoms with van der Waals surface area (Å²) in [4.78, 5) is 25.3. The number of hydrogen-bond acceptors (Lipinski definition) is 3. The fraction of sp³-hybridized carbons (Fsp3) is 0.312. The van der Waals surface area contributed by atoms with Gasteiger partial charge in [0.2, 0.25) is 0 Å². The van der Waals surface area contributed by atoms with Crippen molar-refractivity contribution in [1.29, 1.82) is 0 Å². The second-order valence-corrected chi connectivity index (χ2v) is 5.53. The molecule has 0 fully saturated rings. The molecule has 0 spiro atoms. The average Bonchev–Trinajstić information content (AvgIpc) is 2.80. The number of ketones is 1. The number of nitrogens with zero attached hydrogens (tertiary/aromatic N) is 3. The minimum absolute atomic E-state index is 0.103. The molecule has 1 aromatic carbocycles. The predicted octanol–water partition coefficient (Wildman–Crippen LogP) is 2.78. The Bertz CT molecular complexity index is 807. The molecule has 0 aliphatic carbocycles. The molecule has 24 heavy (non-hydrogen) atoms. The average molecular weight is 339 g/mol.